The minimum Gasteiger partial charge on any atom is -0.493 e. The van der Waals surface area contributed by atoms with Crippen LogP contribution in [0.15, 0.2) is 18.2 Å². The fourth-order valence-corrected chi connectivity index (χ4v) is 2.72. The Bertz CT molecular complexity index is 403. The zero-order chi connectivity index (χ0) is 13.7. The first-order valence-electron chi connectivity index (χ1n) is 7.05. The molecular weight excluding hydrogens is 240 g/mol. The Hall–Kier alpha value is -1.26. The Kier molecular flexibility index (Phi) is 5.05. The van der Waals surface area contributed by atoms with Gasteiger partial charge in [0.1, 0.15) is 0 Å². The molecule has 1 saturated heterocycles. The van der Waals surface area contributed by atoms with E-state index in [0.29, 0.717) is 13.2 Å². The number of nitrogens with zero attached hydrogens (tertiary/aromatic N) is 1. The molecule has 1 aromatic carbocycles. The maximum absolute atomic E-state index is 5.96. The molecule has 1 unspecified atom stereocenters. The van der Waals surface area contributed by atoms with Gasteiger partial charge in [0.25, 0.3) is 0 Å². The number of hydrogen-bond acceptors (Lipinski definition) is 4. The highest BCUT2D eigenvalue weighted by atomic mass is 16.5. The van der Waals surface area contributed by atoms with Crippen molar-refractivity contribution in [2.45, 2.75) is 25.8 Å². The molecule has 0 saturated carbocycles. The highest BCUT2D eigenvalue weighted by Gasteiger charge is 2.23. The molecule has 1 heterocycles. The zero-order valence-corrected chi connectivity index (χ0v) is 11.9. The Morgan fingerprint density at radius 3 is 2.58 bits per heavy atom. The summed E-state index contributed by atoms with van der Waals surface area (Å²) < 4.78 is 11.0. The highest BCUT2D eigenvalue weighted by Crippen LogP contribution is 2.32. The monoisotopic (exact) mass is 264 g/mol. The van der Waals surface area contributed by atoms with Crippen molar-refractivity contribution in [1.82, 2.24) is 4.90 Å². The maximum Gasteiger partial charge on any atom is 0.161 e. The fourth-order valence-electron chi connectivity index (χ4n) is 2.72. The van der Waals surface area contributed by atoms with Crippen LogP contribution in [0, 0.1) is 0 Å². The van der Waals surface area contributed by atoms with Crippen molar-refractivity contribution >= 4 is 0 Å². The second-order valence-corrected chi connectivity index (χ2v) is 4.84. The van der Waals surface area contributed by atoms with Crippen molar-refractivity contribution < 1.29 is 9.47 Å². The van der Waals surface area contributed by atoms with Crippen LogP contribution in [-0.2, 0) is 0 Å². The van der Waals surface area contributed by atoms with E-state index in [4.69, 9.17) is 15.2 Å². The van der Waals surface area contributed by atoms with E-state index in [1.54, 1.807) is 7.11 Å². The third kappa shape index (κ3) is 3.19. The molecule has 0 amide bonds. The van der Waals surface area contributed by atoms with Gasteiger partial charge in [-0.15, -0.1) is 0 Å². The molecule has 2 N–H and O–H groups in total. The molecular formula is C15H24N2O2. The lowest BCUT2D eigenvalue weighted by molar-refractivity contribution is 0.250. The van der Waals surface area contributed by atoms with E-state index in [2.05, 4.69) is 17.0 Å². The topological polar surface area (TPSA) is 47.7 Å². The van der Waals surface area contributed by atoms with Crippen LogP contribution < -0.4 is 15.2 Å². The first kappa shape index (κ1) is 14.2. The van der Waals surface area contributed by atoms with Crippen molar-refractivity contribution in [2.75, 3.05) is 33.4 Å². The minimum absolute atomic E-state index is 0.284. The summed E-state index contributed by atoms with van der Waals surface area (Å²) in [5, 5.41) is 0. The van der Waals surface area contributed by atoms with E-state index < -0.39 is 0 Å². The molecule has 2 rings (SSSR count). The predicted molar refractivity (Wildman–Crippen MR) is 76.8 cm³/mol. The molecule has 1 aromatic rings. The SMILES string of the molecule is CCOc1ccc(C(CN)N2CCCC2)cc1OC. The van der Waals surface area contributed by atoms with Gasteiger partial charge in [-0.2, -0.15) is 0 Å². The van der Waals surface area contributed by atoms with E-state index in [1.807, 2.05) is 13.0 Å². The maximum atomic E-state index is 5.96. The molecule has 0 spiro atoms. The van der Waals surface area contributed by atoms with E-state index >= 15 is 0 Å². The molecule has 1 atom stereocenters. The smallest absolute Gasteiger partial charge is 0.161 e. The Morgan fingerprint density at radius 1 is 1.26 bits per heavy atom. The Morgan fingerprint density at radius 2 is 2.00 bits per heavy atom. The molecule has 106 valence electrons. The zero-order valence-electron chi connectivity index (χ0n) is 11.9. The van der Waals surface area contributed by atoms with Gasteiger partial charge >= 0.3 is 0 Å². The van der Waals surface area contributed by atoms with E-state index in [0.717, 1.165) is 24.6 Å². The van der Waals surface area contributed by atoms with Gasteiger partial charge in [-0.3, -0.25) is 4.90 Å². The lowest BCUT2D eigenvalue weighted by Crippen LogP contribution is -2.31. The van der Waals surface area contributed by atoms with Gasteiger partial charge in [-0.05, 0) is 50.6 Å². The second-order valence-electron chi connectivity index (χ2n) is 4.84. The van der Waals surface area contributed by atoms with Gasteiger partial charge in [-0.25, -0.2) is 0 Å². The average molecular weight is 264 g/mol. The number of ether oxygens (including phenoxy) is 2. The van der Waals surface area contributed by atoms with Crippen molar-refractivity contribution in [3.63, 3.8) is 0 Å². The highest BCUT2D eigenvalue weighted by molar-refractivity contribution is 5.44. The number of likely N-dealkylation sites (tertiary alicyclic amines) is 1. The lowest BCUT2D eigenvalue weighted by atomic mass is 10.0. The number of methoxy groups -OCH3 is 1. The van der Waals surface area contributed by atoms with Crippen LogP contribution in [0.2, 0.25) is 0 Å². The minimum atomic E-state index is 0.284. The average Bonchev–Trinajstić information content (AvgIpc) is 2.95. The van der Waals surface area contributed by atoms with Crippen LogP contribution in [-0.4, -0.2) is 38.3 Å². The number of nitrogens with two attached hydrogens (primary N) is 1. The normalized spacial score (nSPS) is 17.4. The second kappa shape index (κ2) is 6.78. The molecule has 1 fully saturated rings. The van der Waals surface area contributed by atoms with Gasteiger partial charge in [0.05, 0.1) is 13.7 Å². The van der Waals surface area contributed by atoms with Crippen molar-refractivity contribution in [2.24, 2.45) is 5.73 Å². The fraction of sp³-hybridized carbons (Fsp3) is 0.600. The third-order valence-electron chi connectivity index (χ3n) is 3.68. The van der Waals surface area contributed by atoms with Crippen LogP contribution in [0.25, 0.3) is 0 Å². The third-order valence-corrected chi connectivity index (χ3v) is 3.68. The van der Waals surface area contributed by atoms with Gasteiger partial charge < -0.3 is 15.2 Å². The summed E-state index contributed by atoms with van der Waals surface area (Å²) in [5.74, 6) is 1.59. The Balaban J connectivity index is 2.22. The molecule has 19 heavy (non-hydrogen) atoms. The number of benzene rings is 1. The Labute approximate surface area is 115 Å². The van der Waals surface area contributed by atoms with Crippen LogP contribution in [0.5, 0.6) is 11.5 Å². The largest absolute Gasteiger partial charge is 0.493 e. The van der Waals surface area contributed by atoms with Crippen LogP contribution in [0.4, 0.5) is 0 Å². The predicted octanol–water partition coefficient (Wildman–Crippen LogP) is 2.19. The van der Waals surface area contributed by atoms with Crippen molar-refractivity contribution in [3.8, 4) is 11.5 Å². The van der Waals surface area contributed by atoms with Crippen LogP contribution in [0.3, 0.4) is 0 Å². The lowest BCUT2D eigenvalue weighted by Gasteiger charge is -2.27. The van der Waals surface area contributed by atoms with Crippen LogP contribution in [0.1, 0.15) is 31.4 Å². The van der Waals surface area contributed by atoms with E-state index in [-0.39, 0.29) is 6.04 Å². The molecule has 0 bridgehead atoms. The molecule has 4 nitrogen and oxygen atoms in total. The summed E-state index contributed by atoms with van der Waals surface area (Å²) in [6, 6.07) is 6.42. The van der Waals surface area contributed by atoms with Gasteiger partial charge in [0.2, 0.25) is 0 Å². The standard InChI is InChI=1S/C15H24N2O2/c1-3-19-14-7-6-12(10-15(14)18-2)13(11-16)17-8-4-5-9-17/h6-7,10,13H,3-5,8-9,11,16H2,1-2H3. The summed E-state index contributed by atoms with van der Waals surface area (Å²) in [5.41, 5.74) is 7.17. The van der Waals surface area contributed by atoms with Crippen molar-refractivity contribution in [3.05, 3.63) is 23.8 Å². The summed E-state index contributed by atoms with van der Waals surface area (Å²) >= 11 is 0. The van der Waals surface area contributed by atoms with Crippen molar-refractivity contribution in [1.29, 1.82) is 0 Å². The summed E-state index contributed by atoms with van der Waals surface area (Å²) in [4.78, 5) is 2.45. The molecule has 1 aliphatic heterocycles. The molecule has 1 aliphatic rings. The van der Waals surface area contributed by atoms with E-state index in [1.165, 1.54) is 18.4 Å². The summed E-state index contributed by atoms with van der Waals surface area (Å²) in [6.45, 7) is 5.52. The molecule has 0 radical (unpaired) electrons. The summed E-state index contributed by atoms with van der Waals surface area (Å²) in [7, 11) is 1.68. The van der Waals surface area contributed by atoms with Crippen LogP contribution >= 0.6 is 0 Å². The molecule has 0 aromatic heterocycles. The summed E-state index contributed by atoms with van der Waals surface area (Å²) in [6.07, 6.45) is 2.54. The molecule has 0 aliphatic carbocycles. The number of hydrogen-bond donors (Lipinski definition) is 1. The molecule has 4 heteroatoms. The quantitative estimate of drug-likeness (QED) is 0.855. The van der Waals surface area contributed by atoms with Gasteiger partial charge in [-0.1, -0.05) is 6.07 Å². The van der Waals surface area contributed by atoms with E-state index in [9.17, 15) is 0 Å². The van der Waals surface area contributed by atoms with Gasteiger partial charge in [0, 0.05) is 12.6 Å². The van der Waals surface area contributed by atoms with Gasteiger partial charge in [0.15, 0.2) is 11.5 Å². The first-order chi connectivity index (χ1) is 9.30. The number of rotatable bonds is 6. The first-order valence-corrected chi connectivity index (χ1v) is 7.05.